The largest absolute Gasteiger partial charge is 0.350 e. The van der Waals surface area contributed by atoms with Gasteiger partial charge in [0, 0.05) is 5.54 Å². The molecule has 90 valence electrons. The molecule has 0 saturated heterocycles. The lowest BCUT2D eigenvalue weighted by Crippen LogP contribution is -2.49. The van der Waals surface area contributed by atoms with Gasteiger partial charge in [-0.2, -0.15) is 0 Å². The van der Waals surface area contributed by atoms with E-state index in [1.165, 1.54) is 12.8 Å². The van der Waals surface area contributed by atoms with E-state index >= 15 is 0 Å². The second-order valence-electron chi connectivity index (χ2n) is 5.12. The van der Waals surface area contributed by atoms with Crippen molar-refractivity contribution in [2.75, 3.05) is 6.54 Å². The van der Waals surface area contributed by atoms with Gasteiger partial charge in [-0.15, -0.1) is 0 Å². The molecule has 0 aromatic carbocycles. The minimum atomic E-state index is -0.142. The Balaban J connectivity index is 3.70. The second kappa shape index (κ2) is 6.83. The number of nitrogens with one attached hydrogen (secondary N) is 2. The predicted molar refractivity (Wildman–Crippen MR) is 64.9 cm³/mol. The number of amides is 1. The van der Waals surface area contributed by atoms with Gasteiger partial charge < -0.3 is 10.6 Å². The van der Waals surface area contributed by atoms with Crippen molar-refractivity contribution in [3.63, 3.8) is 0 Å². The minimum Gasteiger partial charge on any atom is -0.350 e. The average molecular weight is 214 g/mol. The van der Waals surface area contributed by atoms with E-state index in [4.69, 9.17) is 0 Å². The zero-order valence-electron chi connectivity index (χ0n) is 10.8. The van der Waals surface area contributed by atoms with Crippen molar-refractivity contribution < 1.29 is 4.79 Å². The Kier molecular flexibility index (Phi) is 6.57. The summed E-state index contributed by atoms with van der Waals surface area (Å²) < 4.78 is 0. The molecule has 1 amide bonds. The summed E-state index contributed by atoms with van der Waals surface area (Å²) in [5.74, 6) is 0.0824. The average Bonchev–Trinajstić information content (AvgIpc) is 2.09. The first-order valence-corrected chi connectivity index (χ1v) is 5.92. The summed E-state index contributed by atoms with van der Waals surface area (Å²) in [6, 6.07) is -0.0962. The lowest BCUT2D eigenvalue weighted by molar-refractivity contribution is -0.124. The molecule has 0 aromatic heterocycles. The molecule has 2 N–H and O–H groups in total. The SMILES string of the molecule is CCCCCNC(C)C(=O)NC(C)(C)C. The van der Waals surface area contributed by atoms with Crippen LogP contribution in [-0.4, -0.2) is 24.0 Å². The maximum atomic E-state index is 11.6. The van der Waals surface area contributed by atoms with Crippen LogP contribution in [0.2, 0.25) is 0 Å². The van der Waals surface area contributed by atoms with Crippen molar-refractivity contribution in [2.45, 2.75) is 65.5 Å². The monoisotopic (exact) mass is 214 g/mol. The number of carbonyl (C=O) groups excluding carboxylic acids is 1. The van der Waals surface area contributed by atoms with Crippen LogP contribution >= 0.6 is 0 Å². The van der Waals surface area contributed by atoms with Gasteiger partial charge in [0.15, 0.2) is 0 Å². The molecule has 0 spiro atoms. The number of hydrogen-bond acceptors (Lipinski definition) is 2. The normalized spacial score (nSPS) is 13.7. The molecule has 3 nitrogen and oxygen atoms in total. The number of rotatable bonds is 6. The fraction of sp³-hybridized carbons (Fsp3) is 0.917. The molecule has 0 radical (unpaired) electrons. The van der Waals surface area contributed by atoms with E-state index in [0.29, 0.717) is 0 Å². The smallest absolute Gasteiger partial charge is 0.237 e. The molecule has 0 aliphatic heterocycles. The molecular formula is C12H26N2O. The highest BCUT2D eigenvalue weighted by Gasteiger charge is 2.18. The van der Waals surface area contributed by atoms with E-state index in [-0.39, 0.29) is 17.5 Å². The summed E-state index contributed by atoms with van der Waals surface area (Å²) in [6.07, 6.45) is 3.58. The highest BCUT2D eigenvalue weighted by Crippen LogP contribution is 1.99. The molecule has 0 heterocycles. The molecule has 0 fully saturated rings. The van der Waals surface area contributed by atoms with Gasteiger partial charge in [-0.05, 0) is 40.7 Å². The van der Waals surface area contributed by atoms with Crippen molar-refractivity contribution in [2.24, 2.45) is 0 Å². The highest BCUT2D eigenvalue weighted by molar-refractivity contribution is 5.81. The Morgan fingerprint density at radius 3 is 2.33 bits per heavy atom. The quantitative estimate of drug-likeness (QED) is 0.665. The first-order chi connectivity index (χ1) is 6.87. The molecule has 3 heteroatoms. The van der Waals surface area contributed by atoms with E-state index in [1.54, 1.807) is 0 Å². The number of unbranched alkanes of at least 4 members (excludes halogenated alkanes) is 2. The lowest BCUT2D eigenvalue weighted by atomic mass is 10.1. The Morgan fingerprint density at radius 2 is 1.87 bits per heavy atom. The van der Waals surface area contributed by atoms with Gasteiger partial charge in [0.25, 0.3) is 0 Å². The van der Waals surface area contributed by atoms with E-state index in [1.807, 2.05) is 27.7 Å². The van der Waals surface area contributed by atoms with Crippen LogP contribution in [0.15, 0.2) is 0 Å². The van der Waals surface area contributed by atoms with Crippen molar-refractivity contribution >= 4 is 5.91 Å². The maximum Gasteiger partial charge on any atom is 0.237 e. The van der Waals surface area contributed by atoms with Crippen LogP contribution < -0.4 is 10.6 Å². The molecule has 1 atom stereocenters. The number of carbonyl (C=O) groups is 1. The Morgan fingerprint density at radius 1 is 1.27 bits per heavy atom. The van der Waals surface area contributed by atoms with Crippen LogP contribution in [0.4, 0.5) is 0 Å². The molecule has 0 aliphatic carbocycles. The van der Waals surface area contributed by atoms with Crippen molar-refractivity contribution in [1.82, 2.24) is 10.6 Å². The summed E-state index contributed by atoms with van der Waals surface area (Å²) in [5, 5.41) is 6.19. The molecular weight excluding hydrogens is 188 g/mol. The lowest BCUT2D eigenvalue weighted by Gasteiger charge is -2.23. The minimum absolute atomic E-state index is 0.0824. The number of hydrogen-bond donors (Lipinski definition) is 2. The summed E-state index contributed by atoms with van der Waals surface area (Å²) in [7, 11) is 0. The first-order valence-electron chi connectivity index (χ1n) is 5.92. The molecule has 15 heavy (non-hydrogen) atoms. The molecule has 0 aromatic rings. The van der Waals surface area contributed by atoms with E-state index < -0.39 is 0 Å². The van der Waals surface area contributed by atoms with Gasteiger partial charge in [-0.25, -0.2) is 0 Å². The van der Waals surface area contributed by atoms with Crippen LogP contribution in [0.3, 0.4) is 0 Å². The van der Waals surface area contributed by atoms with E-state index in [2.05, 4.69) is 17.6 Å². The summed E-state index contributed by atoms with van der Waals surface area (Å²) in [4.78, 5) is 11.6. The summed E-state index contributed by atoms with van der Waals surface area (Å²) in [5.41, 5.74) is -0.142. The Hall–Kier alpha value is -0.570. The molecule has 0 bridgehead atoms. The molecule has 0 aliphatic rings. The van der Waals surface area contributed by atoms with Gasteiger partial charge in [0.2, 0.25) is 5.91 Å². The summed E-state index contributed by atoms with van der Waals surface area (Å²) >= 11 is 0. The van der Waals surface area contributed by atoms with Gasteiger partial charge in [-0.3, -0.25) is 4.79 Å². The molecule has 0 saturated carbocycles. The van der Waals surface area contributed by atoms with Gasteiger partial charge >= 0.3 is 0 Å². The van der Waals surface area contributed by atoms with Crippen LogP contribution in [0.1, 0.15) is 53.9 Å². The fourth-order valence-corrected chi connectivity index (χ4v) is 1.26. The molecule has 1 unspecified atom stereocenters. The van der Waals surface area contributed by atoms with Crippen molar-refractivity contribution in [3.8, 4) is 0 Å². The standard InChI is InChI=1S/C12H26N2O/c1-6-7-8-9-13-10(2)11(15)14-12(3,4)5/h10,13H,6-9H2,1-5H3,(H,14,15). The van der Waals surface area contributed by atoms with Gasteiger partial charge in [-0.1, -0.05) is 19.8 Å². The topological polar surface area (TPSA) is 41.1 Å². The highest BCUT2D eigenvalue weighted by atomic mass is 16.2. The second-order valence-corrected chi connectivity index (χ2v) is 5.12. The third-order valence-corrected chi connectivity index (χ3v) is 2.12. The van der Waals surface area contributed by atoms with Crippen LogP contribution in [0.5, 0.6) is 0 Å². The fourth-order valence-electron chi connectivity index (χ4n) is 1.26. The van der Waals surface area contributed by atoms with E-state index in [0.717, 1.165) is 13.0 Å². The maximum absolute atomic E-state index is 11.6. The first kappa shape index (κ1) is 14.4. The zero-order chi connectivity index (χ0) is 11.9. The third kappa shape index (κ3) is 8.43. The Labute approximate surface area is 94.0 Å². The third-order valence-electron chi connectivity index (χ3n) is 2.12. The predicted octanol–water partition coefficient (Wildman–Crippen LogP) is 2.07. The van der Waals surface area contributed by atoms with Crippen molar-refractivity contribution in [3.05, 3.63) is 0 Å². The summed E-state index contributed by atoms with van der Waals surface area (Å²) in [6.45, 7) is 11.0. The van der Waals surface area contributed by atoms with Crippen molar-refractivity contribution in [1.29, 1.82) is 0 Å². The van der Waals surface area contributed by atoms with Crippen LogP contribution in [-0.2, 0) is 4.79 Å². The van der Waals surface area contributed by atoms with Gasteiger partial charge in [0.05, 0.1) is 6.04 Å². The van der Waals surface area contributed by atoms with E-state index in [9.17, 15) is 4.79 Å². The molecule has 0 rings (SSSR count). The zero-order valence-corrected chi connectivity index (χ0v) is 10.8. The van der Waals surface area contributed by atoms with Gasteiger partial charge in [0.1, 0.15) is 0 Å². The van der Waals surface area contributed by atoms with Crippen LogP contribution in [0, 0.1) is 0 Å². The Bertz CT molecular complexity index is 185. The van der Waals surface area contributed by atoms with Crippen LogP contribution in [0.25, 0.3) is 0 Å².